The molecule has 1 aromatic carbocycles. The molecule has 11 heteroatoms. The van der Waals surface area contributed by atoms with Crippen molar-refractivity contribution in [3.05, 3.63) is 36.2 Å². The second-order valence-electron chi connectivity index (χ2n) is 8.96. The van der Waals surface area contributed by atoms with Crippen molar-refractivity contribution in [3.63, 3.8) is 0 Å². The van der Waals surface area contributed by atoms with Gasteiger partial charge in [0.2, 0.25) is 5.95 Å². The van der Waals surface area contributed by atoms with E-state index in [0.29, 0.717) is 27.7 Å². The van der Waals surface area contributed by atoms with E-state index in [-0.39, 0.29) is 12.0 Å². The lowest BCUT2D eigenvalue weighted by Crippen LogP contribution is -2.33. The summed E-state index contributed by atoms with van der Waals surface area (Å²) in [5.74, 6) is 0.218. The number of H-pyrrole nitrogens is 1. The molecule has 34 heavy (non-hydrogen) atoms. The Balaban J connectivity index is 1.54. The van der Waals surface area contributed by atoms with Gasteiger partial charge in [0.15, 0.2) is 5.82 Å². The average Bonchev–Trinajstić information content (AvgIpc) is 3.34. The van der Waals surface area contributed by atoms with E-state index in [0.717, 1.165) is 44.2 Å². The summed E-state index contributed by atoms with van der Waals surface area (Å²) in [5, 5.41) is 2.85. The van der Waals surface area contributed by atoms with Gasteiger partial charge >= 0.3 is 6.18 Å². The first-order valence-electron chi connectivity index (χ1n) is 11.2. The summed E-state index contributed by atoms with van der Waals surface area (Å²) in [7, 11) is 2.09. The van der Waals surface area contributed by atoms with E-state index in [1.54, 1.807) is 6.20 Å². The van der Waals surface area contributed by atoms with Gasteiger partial charge in [0.25, 0.3) is 0 Å². The van der Waals surface area contributed by atoms with Gasteiger partial charge < -0.3 is 19.8 Å². The third kappa shape index (κ3) is 3.97. The number of likely N-dealkylation sites (tertiary alicyclic amines) is 1. The van der Waals surface area contributed by atoms with Crippen LogP contribution in [0.3, 0.4) is 0 Å². The molecule has 180 valence electrons. The van der Waals surface area contributed by atoms with Gasteiger partial charge in [-0.05, 0) is 64.5 Å². The molecule has 5 rings (SSSR count). The number of nitrogens with one attached hydrogen (secondary N) is 2. The Hall–Kier alpha value is -3.21. The number of hydrogen-bond donors (Lipinski definition) is 2. The first-order valence-corrected chi connectivity index (χ1v) is 11.2. The Morgan fingerprint density at radius 1 is 1.18 bits per heavy atom. The highest BCUT2D eigenvalue weighted by molar-refractivity contribution is 5.96. The van der Waals surface area contributed by atoms with Gasteiger partial charge in [-0.25, -0.2) is 14.4 Å². The monoisotopic (exact) mass is 475 g/mol. The molecule has 1 aliphatic heterocycles. The second kappa shape index (κ2) is 8.23. The third-order valence-electron chi connectivity index (χ3n) is 6.56. The van der Waals surface area contributed by atoms with Crippen LogP contribution in [0.25, 0.3) is 33.2 Å². The summed E-state index contributed by atoms with van der Waals surface area (Å²) in [6.45, 7) is 4.83. The number of aromatic amines is 1. The Bertz CT molecular complexity index is 1350. The molecule has 0 saturated carbocycles. The van der Waals surface area contributed by atoms with Gasteiger partial charge in [-0.1, -0.05) is 0 Å². The number of piperidine rings is 1. The van der Waals surface area contributed by atoms with Gasteiger partial charge in [-0.3, -0.25) is 0 Å². The molecule has 0 bridgehead atoms. The standard InChI is InChI=1S/C23H25F4N7/c1-12(23(25,26)27)30-22-29-11-17-16(10-28-21(17)32-22)14-8-18(24)20-19(9-14)34(13(2)31-20)15-4-6-33(3)7-5-15/h8-12,15H,4-7H2,1-3H3,(H2,28,29,30,32). The number of nitrogens with zero attached hydrogens (tertiary/aromatic N) is 5. The van der Waals surface area contributed by atoms with Crippen molar-refractivity contribution in [2.24, 2.45) is 0 Å². The maximum Gasteiger partial charge on any atom is 0.408 e. The van der Waals surface area contributed by atoms with E-state index in [2.05, 4.69) is 41.8 Å². The van der Waals surface area contributed by atoms with Crippen LogP contribution >= 0.6 is 0 Å². The van der Waals surface area contributed by atoms with E-state index >= 15 is 4.39 Å². The van der Waals surface area contributed by atoms with Gasteiger partial charge in [0.1, 0.15) is 23.0 Å². The quantitative estimate of drug-likeness (QED) is 0.404. The number of hydrogen-bond acceptors (Lipinski definition) is 5. The predicted molar refractivity (Wildman–Crippen MR) is 122 cm³/mol. The molecule has 1 fully saturated rings. The summed E-state index contributed by atoms with van der Waals surface area (Å²) in [4.78, 5) is 18.0. The Morgan fingerprint density at radius 2 is 1.91 bits per heavy atom. The molecule has 1 aliphatic rings. The fourth-order valence-electron chi connectivity index (χ4n) is 4.63. The molecule has 0 aliphatic carbocycles. The van der Waals surface area contributed by atoms with Gasteiger partial charge in [-0.2, -0.15) is 18.2 Å². The van der Waals surface area contributed by atoms with Crippen LogP contribution < -0.4 is 5.32 Å². The molecule has 3 aromatic heterocycles. The maximum atomic E-state index is 15.1. The van der Waals surface area contributed by atoms with Crippen LogP contribution in [0.5, 0.6) is 0 Å². The maximum absolute atomic E-state index is 15.1. The molecule has 4 heterocycles. The topological polar surface area (TPSA) is 74.7 Å². The van der Waals surface area contributed by atoms with Crippen LogP contribution in [0, 0.1) is 12.7 Å². The number of anilines is 1. The number of alkyl halides is 3. The third-order valence-corrected chi connectivity index (χ3v) is 6.56. The van der Waals surface area contributed by atoms with Gasteiger partial charge in [-0.15, -0.1) is 0 Å². The lowest BCUT2D eigenvalue weighted by molar-refractivity contribution is -0.138. The average molecular weight is 475 g/mol. The van der Waals surface area contributed by atoms with Crippen molar-refractivity contribution in [2.75, 3.05) is 25.5 Å². The van der Waals surface area contributed by atoms with E-state index in [9.17, 15) is 13.2 Å². The Labute approximate surface area is 193 Å². The molecule has 7 nitrogen and oxygen atoms in total. The number of halogens is 4. The predicted octanol–water partition coefficient (Wildman–Crippen LogP) is 5.05. The van der Waals surface area contributed by atoms with Gasteiger partial charge in [0, 0.05) is 29.4 Å². The SMILES string of the molecule is Cc1nc2c(F)cc(-c3c[nH]c4nc(NC(C)C(F)(F)F)ncc34)cc2n1C1CCN(C)CC1. The molecular weight excluding hydrogens is 450 g/mol. The number of fused-ring (bicyclic) bond motifs is 2. The number of rotatable bonds is 4. The normalized spacial score (nSPS) is 17.0. The van der Waals surface area contributed by atoms with Crippen molar-refractivity contribution >= 4 is 28.0 Å². The zero-order valence-electron chi connectivity index (χ0n) is 19.0. The Kier molecular flexibility index (Phi) is 5.46. The summed E-state index contributed by atoms with van der Waals surface area (Å²) in [6, 6.07) is 1.79. The van der Waals surface area contributed by atoms with Crippen molar-refractivity contribution in [1.82, 2.24) is 29.4 Å². The summed E-state index contributed by atoms with van der Waals surface area (Å²) < 4.78 is 55.8. The van der Waals surface area contributed by atoms with Crippen LogP contribution in [0.1, 0.15) is 31.6 Å². The van der Waals surface area contributed by atoms with E-state index in [4.69, 9.17) is 0 Å². The molecule has 0 amide bonds. The minimum Gasteiger partial charge on any atom is -0.345 e. The van der Waals surface area contributed by atoms with Crippen LogP contribution in [-0.4, -0.2) is 61.8 Å². The van der Waals surface area contributed by atoms with Gasteiger partial charge in [0.05, 0.1) is 5.52 Å². The van der Waals surface area contributed by atoms with Crippen LogP contribution in [0.2, 0.25) is 0 Å². The zero-order chi connectivity index (χ0) is 24.2. The second-order valence-corrected chi connectivity index (χ2v) is 8.96. The minimum atomic E-state index is -4.42. The zero-order valence-corrected chi connectivity index (χ0v) is 19.0. The molecule has 1 atom stereocenters. The first-order chi connectivity index (χ1) is 16.1. The fraction of sp³-hybridized carbons (Fsp3) is 0.435. The summed E-state index contributed by atoms with van der Waals surface area (Å²) >= 11 is 0. The molecular formula is C23H25F4N7. The molecule has 2 N–H and O–H groups in total. The molecule has 4 aromatic rings. The number of aryl methyl sites for hydroxylation is 1. The highest BCUT2D eigenvalue weighted by Gasteiger charge is 2.36. The minimum absolute atomic E-state index is 0.136. The Morgan fingerprint density at radius 3 is 2.62 bits per heavy atom. The van der Waals surface area contributed by atoms with E-state index in [1.165, 1.54) is 12.3 Å². The van der Waals surface area contributed by atoms with E-state index < -0.39 is 18.0 Å². The number of benzene rings is 1. The van der Waals surface area contributed by atoms with E-state index in [1.807, 2.05) is 13.0 Å². The smallest absolute Gasteiger partial charge is 0.345 e. The first kappa shape index (κ1) is 22.6. The van der Waals surface area contributed by atoms with Crippen molar-refractivity contribution in [1.29, 1.82) is 0 Å². The van der Waals surface area contributed by atoms with Crippen LogP contribution in [-0.2, 0) is 0 Å². The molecule has 1 saturated heterocycles. The summed E-state index contributed by atoms with van der Waals surface area (Å²) in [6.07, 6.45) is 0.617. The summed E-state index contributed by atoms with van der Waals surface area (Å²) in [5.41, 5.74) is 2.72. The fourth-order valence-corrected chi connectivity index (χ4v) is 4.63. The lowest BCUT2D eigenvalue weighted by atomic mass is 10.0. The molecule has 0 radical (unpaired) electrons. The van der Waals surface area contributed by atoms with Crippen LogP contribution in [0.4, 0.5) is 23.5 Å². The lowest BCUT2D eigenvalue weighted by Gasteiger charge is -2.30. The largest absolute Gasteiger partial charge is 0.408 e. The van der Waals surface area contributed by atoms with Crippen molar-refractivity contribution in [3.8, 4) is 11.1 Å². The van der Waals surface area contributed by atoms with Crippen molar-refractivity contribution in [2.45, 2.75) is 44.9 Å². The number of imidazole rings is 1. The molecule has 0 spiro atoms. The van der Waals surface area contributed by atoms with Crippen LogP contribution in [0.15, 0.2) is 24.5 Å². The van der Waals surface area contributed by atoms with Crippen molar-refractivity contribution < 1.29 is 17.6 Å². The highest BCUT2D eigenvalue weighted by Crippen LogP contribution is 2.35. The number of aromatic nitrogens is 5. The molecule has 1 unspecified atom stereocenters. The highest BCUT2D eigenvalue weighted by atomic mass is 19.4.